The molecule has 2 unspecified atom stereocenters. The largest absolute Gasteiger partial charge is 0.469 e. The average Bonchev–Trinajstić information content (AvgIpc) is 3.15. The number of methoxy groups -OCH3 is 1. The van der Waals surface area contributed by atoms with Crippen molar-refractivity contribution >= 4 is 11.9 Å². The first-order chi connectivity index (χ1) is 16.1. The van der Waals surface area contributed by atoms with E-state index < -0.39 is 0 Å². The smallest absolute Gasteiger partial charge is 0.307 e. The molecule has 0 radical (unpaired) electrons. The van der Waals surface area contributed by atoms with Crippen molar-refractivity contribution in [2.75, 3.05) is 13.7 Å². The fourth-order valence-corrected chi connectivity index (χ4v) is 9.23. The standard InChI is InChI=1S/C28H47NO5/c1-17(5-8-24(32)29-14-11-25(33)34-4)20-6-7-21-26-22(10-13-28(20,21)3)27(2)12-9-19(30)15-18(27)16-23(26)31/h17-23,26,30-31H,5-16H2,1-4H3,(H,29,32)/t17-,18+,19-,20-,21?,22?,23-,26+,27+,28-/m1/s1. The second-order valence-corrected chi connectivity index (χ2v) is 12.6. The van der Waals surface area contributed by atoms with E-state index in [1.807, 2.05) is 0 Å². The number of carbonyl (C=O) groups excluding carboxylic acids is 2. The van der Waals surface area contributed by atoms with E-state index in [1.54, 1.807) is 0 Å². The van der Waals surface area contributed by atoms with Crippen molar-refractivity contribution in [3.8, 4) is 0 Å². The summed E-state index contributed by atoms with van der Waals surface area (Å²) in [4.78, 5) is 23.5. The molecule has 0 aromatic heterocycles. The minimum atomic E-state index is -0.302. The van der Waals surface area contributed by atoms with Crippen molar-refractivity contribution in [3.05, 3.63) is 0 Å². The Bertz CT molecular complexity index is 757. The number of aliphatic hydroxyl groups excluding tert-OH is 2. The van der Waals surface area contributed by atoms with Crippen LogP contribution in [0.3, 0.4) is 0 Å². The summed E-state index contributed by atoms with van der Waals surface area (Å²) in [6, 6.07) is 0. The van der Waals surface area contributed by atoms with Gasteiger partial charge in [-0.15, -0.1) is 0 Å². The predicted octanol–water partition coefficient (Wildman–Crippen LogP) is 4.07. The van der Waals surface area contributed by atoms with Crippen LogP contribution in [0.25, 0.3) is 0 Å². The van der Waals surface area contributed by atoms with Crippen LogP contribution in [-0.2, 0) is 14.3 Å². The number of rotatable bonds is 7. The summed E-state index contributed by atoms with van der Waals surface area (Å²) in [6.45, 7) is 7.58. The molecule has 6 nitrogen and oxygen atoms in total. The third-order valence-electron chi connectivity index (χ3n) is 11.1. The molecule has 0 saturated heterocycles. The second-order valence-electron chi connectivity index (χ2n) is 12.6. The molecular formula is C28H47NO5. The van der Waals surface area contributed by atoms with Gasteiger partial charge in [-0.3, -0.25) is 9.59 Å². The maximum absolute atomic E-state index is 12.3. The van der Waals surface area contributed by atoms with E-state index in [1.165, 1.54) is 32.8 Å². The lowest BCUT2D eigenvalue weighted by atomic mass is 9.43. The highest BCUT2D eigenvalue weighted by Crippen LogP contribution is 2.68. The molecule has 0 aromatic rings. The van der Waals surface area contributed by atoms with Crippen LogP contribution in [0.1, 0.15) is 91.4 Å². The van der Waals surface area contributed by atoms with E-state index in [-0.39, 0.29) is 41.3 Å². The average molecular weight is 478 g/mol. The van der Waals surface area contributed by atoms with Gasteiger partial charge in [0.1, 0.15) is 0 Å². The number of fused-ring (bicyclic) bond motifs is 5. The number of amides is 1. The van der Waals surface area contributed by atoms with Gasteiger partial charge in [0.2, 0.25) is 5.91 Å². The maximum Gasteiger partial charge on any atom is 0.307 e. The van der Waals surface area contributed by atoms with Crippen molar-refractivity contribution in [3.63, 3.8) is 0 Å². The van der Waals surface area contributed by atoms with Gasteiger partial charge in [-0.25, -0.2) is 0 Å². The van der Waals surface area contributed by atoms with Gasteiger partial charge in [0.05, 0.1) is 25.7 Å². The molecule has 10 atom stereocenters. The molecule has 0 bridgehead atoms. The van der Waals surface area contributed by atoms with Crippen LogP contribution >= 0.6 is 0 Å². The Morgan fingerprint density at radius 3 is 2.44 bits per heavy atom. The summed E-state index contributed by atoms with van der Waals surface area (Å²) < 4.78 is 4.63. The second kappa shape index (κ2) is 10.1. The molecule has 6 heteroatoms. The van der Waals surface area contributed by atoms with Gasteiger partial charge in [0, 0.05) is 13.0 Å². The van der Waals surface area contributed by atoms with Crippen LogP contribution in [0.15, 0.2) is 0 Å². The molecular weight excluding hydrogens is 430 g/mol. The van der Waals surface area contributed by atoms with E-state index in [9.17, 15) is 19.8 Å². The Morgan fingerprint density at radius 1 is 1.00 bits per heavy atom. The number of ether oxygens (including phenoxy) is 1. The number of aliphatic hydroxyl groups is 2. The number of hydrogen-bond donors (Lipinski definition) is 3. The summed E-state index contributed by atoms with van der Waals surface area (Å²) in [7, 11) is 1.36. The molecule has 4 rings (SSSR count). The number of nitrogens with one attached hydrogen (secondary N) is 1. The summed E-state index contributed by atoms with van der Waals surface area (Å²) >= 11 is 0. The molecule has 34 heavy (non-hydrogen) atoms. The van der Waals surface area contributed by atoms with Crippen LogP contribution in [0.4, 0.5) is 0 Å². The quantitative estimate of drug-likeness (QED) is 0.480. The van der Waals surface area contributed by atoms with Gasteiger partial charge in [0.25, 0.3) is 0 Å². The first-order valence-corrected chi connectivity index (χ1v) is 13.8. The SMILES string of the molecule is COC(=O)CCNC(=O)CC[C@@H](C)[C@H]1CCC2[C@H]3C(CC[C@@]21C)[C@@]1(C)CC[C@@H](O)C[C@H]1C[C@H]3O. The molecule has 3 N–H and O–H groups in total. The Labute approximate surface area is 205 Å². The van der Waals surface area contributed by atoms with E-state index in [2.05, 4.69) is 30.8 Å². The number of carbonyl (C=O) groups is 2. The Balaban J connectivity index is 1.37. The third kappa shape index (κ3) is 4.66. The molecule has 1 amide bonds. The lowest BCUT2D eigenvalue weighted by Crippen LogP contribution is -2.58. The van der Waals surface area contributed by atoms with Crippen molar-refractivity contribution in [2.24, 2.45) is 46.3 Å². The molecule has 0 heterocycles. The van der Waals surface area contributed by atoms with Crippen molar-refractivity contribution in [1.82, 2.24) is 5.32 Å². The minimum absolute atomic E-state index is 0.0142. The first-order valence-electron chi connectivity index (χ1n) is 13.8. The Kier molecular flexibility index (Phi) is 7.69. The van der Waals surface area contributed by atoms with Crippen LogP contribution < -0.4 is 5.32 Å². The van der Waals surface area contributed by atoms with E-state index in [4.69, 9.17) is 0 Å². The third-order valence-corrected chi connectivity index (χ3v) is 11.1. The van der Waals surface area contributed by atoms with Crippen molar-refractivity contribution in [2.45, 2.75) is 104 Å². The molecule has 0 aliphatic heterocycles. The molecule has 0 aromatic carbocycles. The molecule has 194 valence electrons. The van der Waals surface area contributed by atoms with Crippen LogP contribution in [0.2, 0.25) is 0 Å². The summed E-state index contributed by atoms with van der Waals surface area (Å²) in [5, 5.41) is 24.5. The van der Waals surface area contributed by atoms with Gasteiger partial charge in [-0.05, 0) is 104 Å². The maximum atomic E-state index is 12.3. The van der Waals surface area contributed by atoms with E-state index >= 15 is 0 Å². The van der Waals surface area contributed by atoms with Crippen LogP contribution in [0.5, 0.6) is 0 Å². The zero-order valence-corrected chi connectivity index (χ0v) is 21.7. The van der Waals surface area contributed by atoms with Gasteiger partial charge < -0.3 is 20.3 Å². The highest BCUT2D eigenvalue weighted by molar-refractivity contribution is 5.77. The lowest BCUT2D eigenvalue weighted by Gasteiger charge is -2.62. The topological polar surface area (TPSA) is 95.9 Å². The predicted molar refractivity (Wildman–Crippen MR) is 131 cm³/mol. The van der Waals surface area contributed by atoms with Crippen LogP contribution in [-0.4, -0.2) is 48.0 Å². The lowest BCUT2D eigenvalue weighted by molar-refractivity contribution is -0.174. The summed E-state index contributed by atoms with van der Waals surface area (Å²) in [5.41, 5.74) is 0.497. The van der Waals surface area contributed by atoms with E-state index in [0.717, 1.165) is 32.1 Å². The normalized spacial score (nSPS) is 44.4. The van der Waals surface area contributed by atoms with Gasteiger partial charge in [-0.2, -0.15) is 0 Å². The van der Waals surface area contributed by atoms with Gasteiger partial charge in [-0.1, -0.05) is 20.8 Å². The van der Waals surface area contributed by atoms with Gasteiger partial charge in [0.15, 0.2) is 0 Å². The van der Waals surface area contributed by atoms with Gasteiger partial charge >= 0.3 is 5.97 Å². The molecule has 0 spiro atoms. The summed E-state index contributed by atoms with van der Waals surface area (Å²) in [6.07, 6.45) is 9.67. The van der Waals surface area contributed by atoms with Crippen molar-refractivity contribution < 1.29 is 24.5 Å². The fourth-order valence-electron chi connectivity index (χ4n) is 9.23. The number of esters is 1. The molecule has 4 aliphatic carbocycles. The molecule has 4 aliphatic rings. The van der Waals surface area contributed by atoms with Crippen molar-refractivity contribution in [1.29, 1.82) is 0 Å². The first kappa shape index (κ1) is 25.9. The summed E-state index contributed by atoms with van der Waals surface area (Å²) in [5.74, 6) is 2.73. The highest BCUT2D eigenvalue weighted by atomic mass is 16.5. The monoisotopic (exact) mass is 477 g/mol. The van der Waals surface area contributed by atoms with Crippen LogP contribution in [0, 0.1) is 46.3 Å². The zero-order chi connectivity index (χ0) is 24.7. The Morgan fingerprint density at radius 2 is 1.71 bits per heavy atom. The molecule has 4 fully saturated rings. The number of hydrogen-bond acceptors (Lipinski definition) is 5. The highest BCUT2D eigenvalue weighted by Gasteiger charge is 2.62. The van der Waals surface area contributed by atoms with E-state index in [0.29, 0.717) is 48.5 Å². The fraction of sp³-hybridized carbons (Fsp3) is 0.929. The minimum Gasteiger partial charge on any atom is -0.469 e. The zero-order valence-electron chi connectivity index (χ0n) is 21.7. The molecule has 4 saturated carbocycles. The Hall–Kier alpha value is -1.14.